The van der Waals surface area contributed by atoms with Gasteiger partial charge in [-0.1, -0.05) is 26.0 Å². The van der Waals surface area contributed by atoms with Gasteiger partial charge in [0.15, 0.2) is 0 Å². The van der Waals surface area contributed by atoms with Crippen LogP contribution >= 0.6 is 0 Å². The maximum absolute atomic E-state index is 12.1. The topological polar surface area (TPSA) is 34.1 Å². The van der Waals surface area contributed by atoms with Gasteiger partial charge < -0.3 is 0 Å². The minimum absolute atomic E-state index is 0.0347. The summed E-state index contributed by atoms with van der Waals surface area (Å²) in [5.41, 5.74) is -0.272. The van der Waals surface area contributed by atoms with E-state index in [-0.39, 0.29) is 23.0 Å². The fourth-order valence-electron chi connectivity index (χ4n) is 3.98. The summed E-state index contributed by atoms with van der Waals surface area (Å²) in [5.74, 6) is 1.51. The van der Waals surface area contributed by atoms with Crippen LogP contribution in [0, 0.1) is 29.1 Å². The molecule has 0 N–H and O–H groups in total. The largest absolute Gasteiger partial charge is 0.299 e. The zero-order chi connectivity index (χ0) is 10.8. The van der Waals surface area contributed by atoms with Crippen molar-refractivity contribution in [3.63, 3.8) is 0 Å². The monoisotopic (exact) mass is 204 g/mol. The molecule has 0 radical (unpaired) electrons. The summed E-state index contributed by atoms with van der Waals surface area (Å²) in [6, 6.07) is 0. The molecule has 0 spiro atoms. The molecule has 3 aliphatic rings. The summed E-state index contributed by atoms with van der Waals surface area (Å²) in [6.07, 6.45) is 5.67. The molecule has 2 fully saturated rings. The van der Waals surface area contributed by atoms with Crippen LogP contribution in [-0.4, -0.2) is 11.6 Å². The van der Waals surface area contributed by atoms with Gasteiger partial charge in [-0.25, -0.2) is 0 Å². The molecule has 3 rings (SSSR count). The van der Waals surface area contributed by atoms with Crippen LogP contribution in [0.3, 0.4) is 0 Å². The second-order valence-corrected chi connectivity index (χ2v) is 5.74. The summed E-state index contributed by atoms with van der Waals surface area (Å²) >= 11 is 0. The molecule has 0 bridgehead atoms. The van der Waals surface area contributed by atoms with Gasteiger partial charge in [-0.2, -0.15) is 0 Å². The molecular weight excluding hydrogens is 188 g/mol. The Morgan fingerprint density at radius 1 is 1.33 bits per heavy atom. The number of carbonyl (C=O) groups excluding carboxylic acids is 2. The Balaban J connectivity index is 2.05. The molecule has 0 unspecified atom stereocenters. The lowest BCUT2D eigenvalue weighted by atomic mass is 9.73. The molecule has 2 nitrogen and oxygen atoms in total. The molecule has 15 heavy (non-hydrogen) atoms. The number of hydrogen-bond donors (Lipinski definition) is 0. The maximum Gasteiger partial charge on any atom is 0.143 e. The Labute approximate surface area is 89.7 Å². The fourth-order valence-corrected chi connectivity index (χ4v) is 3.98. The van der Waals surface area contributed by atoms with Crippen molar-refractivity contribution in [3.05, 3.63) is 12.2 Å². The molecule has 3 aliphatic carbocycles. The molecule has 0 aromatic rings. The van der Waals surface area contributed by atoms with Crippen molar-refractivity contribution in [2.75, 3.05) is 0 Å². The minimum atomic E-state index is -0.272. The minimum Gasteiger partial charge on any atom is -0.299 e. The highest BCUT2D eigenvalue weighted by Crippen LogP contribution is 2.58. The van der Waals surface area contributed by atoms with Crippen molar-refractivity contribution < 1.29 is 9.59 Å². The molecule has 2 heteroatoms. The molecule has 0 aliphatic heterocycles. The summed E-state index contributed by atoms with van der Waals surface area (Å²) in [6.45, 7) is 4.04. The van der Waals surface area contributed by atoms with E-state index in [1.54, 1.807) is 0 Å². The van der Waals surface area contributed by atoms with Crippen LogP contribution in [0.4, 0.5) is 0 Å². The van der Waals surface area contributed by atoms with Gasteiger partial charge in [0, 0.05) is 23.7 Å². The molecule has 0 aromatic heterocycles. The second kappa shape index (κ2) is 2.60. The van der Waals surface area contributed by atoms with E-state index in [1.807, 2.05) is 13.8 Å². The first kappa shape index (κ1) is 9.32. The summed E-state index contributed by atoms with van der Waals surface area (Å²) < 4.78 is 0. The van der Waals surface area contributed by atoms with E-state index in [2.05, 4.69) is 12.2 Å². The highest BCUT2D eigenvalue weighted by Gasteiger charge is 2.61. The van der Waals surface area contributed by atoms with Gasteiger partial charge in [0.05, 0.1) is 0 Å². The van der Waals surface area contributed by atoms with Crippen molar-refractivity contribution in [3.8, 4) is 0 Å². The van der Waals surface area contributed by atoms with Crippen LogP contribution in [0.15, 0.2) is 12.2 Å². The third-order valence-corrected chi connectivity index (χ3v) is 4.76. The highest BCUT2D eigenvalue weighted by molar-refractivity contribution is 5.99. The lowest BCUT2D eigenvalue weighted by Crippen LogP contribution is -2.30. The molecule has 0 aromatic carbocycles. The van der Waals surface area contributed by atoms with Crippen molar-refractivity contribution >= 4 is 11.6 Å². The Morgan fingerprint density at radius 3 is 2.80 bits per heavy atom. The van der Waals surface area contributed by atoms with Crippen molar-refractivity contribution in [2.24, 2.45) is 29.1 Å². The molecule has 0 heterocycles. The van der Waals surface area contributed by atoms with Crippen LogP contribution in [-0.2, 0) is 9.59 Å². The standard InChI is InChI=1S/C13H16O2/c1-13(2)10(14)6-9-11(13)7-4-3-5-8(7)12(9)15/h3,5,7-9,11H,4,6H2,1-2H3/t7-,8+,9+,11+/m0/s1. The van der Waals surface area contributed by atoms with Gasteiger partial charge in [-0.3, -0.25) is 9.59 Å². The van der Waals surface area contributed by atoms with Gasteiger partial charge in [0.2, 0.25) is 0 Å². The van der Waals surface area contributed by atoms with Gasteiger partial charge >= 0.3 is 0 Å². The molecular formula is C13H16O2. The van der Waals surface area contributed by atoms with E-state index in [0.29, 0.717) is 24.0 Å². The lowest BCUT2D eigenvalue weighted by Gasteiger charge is -2.29. The Kier molecular flexibility index (Phi) is 1.62. The van der Waals surface area contributed by atoms with E-state index >= 15 is 0 Å². The van der Waals surface area contributed by atoms with Crippen molar-refractivity contribution in [1.29, 1.82) is 0 Å². The van der Waals surface area contributed by atoms with Crippen LogP contribution in [0.1, 0.15) is 26.7 Å². The number of allylic oxidation sites excluding steroid dienone is 2. The third-order valence-electron chi connectivity index (χ3n) is 4.76. The van der Waals surface area contributed by atoms with E-state index in [1.165, 1.54) is 0 Å². The fraction of sp³-hybridized carbons (Fsp3) is 0.692. The van der Waals surface area contributed by atoms with E-state index in [9.17, 15) is 9.59 Å². The van der Waals surface area contributed by atoms with Gasteiger partial charge in [-0.15, -0.1) is 0 Å². The zero-order valence-electron chi connectivity index (χ0n) is 9.19. The predicted octanol–water partition coefficient (Wildman–Crippen LogP) is 1.99. The van der Waals surface area contributed by atoms with Crippen LogP contribution < -0.4 is 0 Å². The third kappa shape index (κ3) is 0.952. The van der Waals surface area contributed by atoms with Crippen LogP contribution in [0.2, 0.25) is 0 Å². The maximum atomic E-state index is 12.1. The zero-order valence-corrected chi connectivity index (χ0v) is 9.19. The second-order valence-electron chi connectivity index (χ2n) is 5.74. The number of ketones is 2. The summed E-state index contributed by atoms with van der Waals surface area (Å²) in [5, 5.41) is 0. The summed E-state index contributed by atoms with van der Waals surface area (Å²) in [4.78, 5) is 24.0. The smallest absolute Gasteiger partial charge is 0.143 e. The highest BCUT2D eigenvalue weighted by atomic mass is 16.1. The average molecular weight is 204 g/mol. The van der Waals surface area contributed by atoms with E-state index in [0.717, 1.165) is 6.42 Å². The van der Waals surface area contributed by atoms with Crippen molar-refractivity contribution in [1.82, 2.24) is 0 Å². The first-order valence-corrected chi connectivity index (χ1v) is 5.77. The lowest BCUT2D eigenvalue weighted by molar-refractivity contribution is -0.128. The van der Waals surface area contributed by atoms with Crippen LogP contribution in [0.5, 0.6) is 0 Å². The molecule has 0 saturated heterocycles. The SMILES string of the molecule is CC1(C)C(=O)C[C@H]2C(=O)[C@@H]3C=CC[C@@H]3[C@H]21. The average Bonchev–Trinajstić information content (AvgIpc) is 2.75. The van der Waals surface area contributed by atoms with Crippen LogP contribution in [0.25, 0.3) is 0 Å². The number of rotatable bonds is 0. The summed E-state index contributed by atoms with van der Waals surface area (Å²) in [7, 11) is 0. The molecule has 0 amide bonds. The van der Waals surface area contributed by atoms with Crippen molar-refractivity contribution in [2.45, 2.75) is 26.7 Å². The Hall–Kier alpha value is -0.920. The quantitative estimate of drug-likeness (QED) is 0.565. The first-order chi connectivity index (χ1) is 7.03. The number of hydrogen-bond acceptors (Lipinski definition) is 2. The first-order valence-electron chi connectivity index (χ1n) is 5.77. The predicted molar refractivity (Wildman–Crippen MR) is 56.1 cm³/mol. The Morgan fingerprint density at radius 2 is 2.07 bits per heavy atom. The number of fused-ring (bicyclic) bond motifs is 3. The normalized spacial score (nSPS) is 46.0. The van der Waals surface area contributed by atoms with Gasteiger partial charge in [0.1, 0.15) is 11.6 Å². The molecule has 80 valence electrons. The molecule has 2 saturated carbocycles. The van der Waals surface area contributed by atoms with E-state index < -0.39 is 0 Å². The van der Waals surface area contributed by atoms with Gasteiger partial charge in [0.25, 0.3) is 0 Å². The van der Waals surface area contributed by atoms with E-state index in [4.69, 9.17) is 0 Å². The Bertz CT molecular complexity index is 378. The number of carbonyl (C=O) groups is 2. The van der Waals surface area contributed by atoms with Gasteiger partial charge in [-0.05, 0) is 18.3 Å². The molecule has 4 atom stereocenters. The number of Topliss-reactive ketones (excluding diaryl/α,β-unsaturated/α-hetero) is 2.